The van der Waals surface area contributed by atoms with E-state index in [1.165, 1.54) is 0 Å². The van der Waals surface area contributed by atoms with Crippen LogP contribution in [-0.2, 0) is 4.79 Å². The average Bonchev–Trinajstić information content (AvgIpc) is 2.57. The molecule has 1 aromatic carbocycles. The Labute approximate surface area is 140 Å². The molecule has 0 N–H and O–H groups in total. The Balaban J connectivity index is 2.94. The second-order valence-electron chi connectivity index (χ2n) is 5.59. The van der Waals surface area contributed by atoms with Gasteiger partial charge in [0, 0.05) is 18.7 Å². The first-order chi connectivity index (χ1) is 11.1. The van der Waals surface area contributed by atoms with Crippen LogP contribution in [0.15, 0.2) is 23.8 Å². The monoisotopic (exact) mass is 319 g/mol. The highest BCUT2D eigenvalue weighted by Crippen LogP contribution is 2.28. The lowest BCUT2D eigenvalue weighted by atomic mass is 10.1. The zero-order chi connectivity index (χ0) is 17.2. The van der Waals surface area contributed by atoms with Crippen molar-refractivity contribution >= 4 is 12.0 Å². The van der Waals surface area contributed by atoms with Gasteiger partial charge in [-0.2, -0.15) is 0 Å². The first kappa shape index (κ1) is 19.1. The molecule has 0 aliphatic carbocycles. The normalized spacial score (nSPS) is 11.3. The number of carbonyl (C=O) groups is 1. The van der Waals surface area contributed by atoms with Gasteiger partial charge < -0.3 is 14.4 Å². The van der Waals surface area contributed by atoms with Gasteiger partial charge in [0.1, 0.15) is 0 Å². The Morgan fingerprint density at radius 3 is 2.35 bits per heavy atom. The summed E-state index contributed by atoms with van der Waals surface area (Å²) in [5.74, 6) is 1.46. The highest BCUT2D eigenvalue weighted by atomic mass is 16.5. The summed E-state index contributed by atoms with van der Waals surface area (Å²) in [5, 5.41) is 0. The van der Waals surface area contributed by atoms with Crippen molar-refractivity contribution in [1.29, 1.82) is 0 Å². The molecule has 1 amide bonds. The summed E-state index contributed by atoms with van der Waals surface area (Å²) in [5.41, 5.74) is 1.67. The predicted octanol–water partition coefficient (Wildman–Crippen LogP) is 4.15. The summed E-state index contributed by atoms with van der Waals surface area (Å²) in [6.45, 7) is 7.73. The molecular weight excluding hydrogens is 290 g/mol. The molecule has 0 aliphatic heterocycles. The van der Waals surface area contributed by atoms with Crippen LogP contribution in [0.25, 0.3) is 6.08 Å². The molecule has 0 radical (unpaired) electrons. The predicted molar refractivity (Wildman–Crippen MR) is 95.0 cm³/mol. The van der Waals surface area contributed by atoms with Gasteiger partial charge in [-0.05, 0) is 43.5 Å². The van der Waals surface area contributed by atoms with Crippen molar-refractivity contribution in [2.75, 3.05) is 27.3 Å². The number of unbranched alkanes of at least 4 members (excludes halogenated alkanes) is 1. The van der Waals surface area contributed by atoms with Crippen LogP contribution >= 0.6 is 0 Å². The quantitative estimate of drug-likeness (QED) is 0.642. The van der Waals surface area contributed by atoms with Crippen molar-refractivity contribution in [2.45, 2.75) is 40.0 Å². The molecule has 0 saturated carbocycles. The van der Waals surface area contributed by atoms with Gasteiger partial charge in [0.05, 0.1) is 14.2 Å². The maximum absolute atomic E-state index is 12.6. The number of ether oxygens (including phenoxy) is 2. The summed E-state index contributed by atoms with van der Waals surface area (Å²) >= 11 is 0. The first-order valence-electron chi connectivity index (χ1n) is 8.26. The van der Waals surface area contributed by atoms with Gasteiger partial charge in [0.15, 0.2) is 11.5 Å². The summed E-state index contributed by atoms with van der Waals surface area (Å²) < 4.78 is 10.5. The molecule has 128 valence electrons. The minimum atomic E-state index is 0.107. The zero-order valence-corrected chi connectivity index (χ0v) is 15.0. The van der Waals surface area contributed by atoms with Crippen molar-refractivity contribution in [3.8, 4) is 11.5 Å². The highest BCUT2D eigenvalue weighted by Gasteiger charge is 2.14. The fourth-order valence-electron chi connectivity index (χ4n) is 2.44. The van der Waals surface area contributed by atoms with Crippen LogP contribution in [0, 0.1) is 0 Å². The SMILES string of the molecule is CCCCN(CCC)C(=O)/C(C)=C/c1ccc(OC)c(OC)c1. The van der Waals surface area contributed by atoms with Crippen molar-refractivity contribution in [1.82, 2.24) is 4.90 Å². The molecular formula is C19H29NO3. The molecule has 0 spiro atoms. The number of hydrogen-bond donors (Lipinski definition) is 0. The van der Waals surface area contributed by atoms with Crippen LogP contribution in [0.5, 0.6) is 11.5 Å². The van der Waals surface area contributed by atoms with Crippen molar-refractivity contribution in [3.05, 3.63) is 29.3 Å². The van der Waals surface area contributed by atoms with E-state index in [1.54, 1.807) is 14.2 Å². The topological polar surface area (TPSA) is 38.8 Å². The fourth-order valence-corrected chi connectivity index (χ4v) is 2.44. The Bertz CT molecular complexity index is 537. The molecule has 0 aliphatic rings. The van der Waals surface area contributed by atoms with Crippen LogP contribution in [0.1, 0.15) is 45.6 Å². The average molecular weight is 319 g/mol. The molecule has 23 heavy (non-hydrogen) atoms. The number of rotatable bonds is 9. The Kier molecular flexibility index (Phi) is 8.23. The third-order valence-corrected chi connectivity index (χ3v) is 3.69. The molecule has 4 nitrogen and oxygen atoms in total. The second kappa shape index (κ2) is 9.93. The van der Waals surface area contributed by atoms with E-state index in [9.17, 15) is 4.79 Å². The smallest absolute Gasteiger partial charge is 0.249 e. The Morgan fingerprint density at radius 1 is 1.09 bits per heavy atom. The summed E-state index contributed by atoms with van der Waals surface area (Å²) in [7, 11) is 3.22. The molecule has 0 unspecified atom stereocenters. The van der Waals surface area contributed by atoms with Gasteiger partial charge in [-0.3, -0.25) is 4.79 Å². The van der Waals surface area contributed by atoms with E-state index in [4.69, 9.17) is 9.47 Å². The number of nitrogens with zero attached hydrogens (tertiary/aromatic N) is 1. The molecule has 1 rings (SSSR count). The van der Waals surface area contributed by atoms with Crippen LogP contribution in [-0.4, -0.2) is 38.1 Å². The molecule has 4 heteroatoms. The lowest BCUT2D eigenvalue weighted by Gasteiger charge is -2.22. The lowest BCUT2D eigenvalue weighted by Crippen LogP contribution is -2.33. The van der Waals surface area contributed by atoms with E-state index in [0.29, 0.717) is 11.5 Å². The van der Waals surface area contributed by atoms with Crippen molar-refractivity contribution in [3.63, 3.8) is 0 Å². The van der Waals surface area contributed by atoms with E-state index in [1.807, 2.05) is 36.1 Å². The van der Waals surface area contributed by atoms with Crippen LogP contribution in [0.2, 0.25) is 0 Å². The Morgan fingerprint density at radius 2 is 1.78 bits per heavy atom. The minimum Gasteiger partial charge on any atom is -0.493 e. The lowest BCUT2D eigenvalue weighted by molar-refractivity contribution is -0.127. The maximum atomic E-state index is 12.6. The standard InChI is InChI=1S/C19H29NO3/c1-6-8-12-20(11-7-2)19(21)15(3)13-16-9-10-17(22-4)18(14-16)23-5/h9-10,13-14H,6-8,11-12H2,1-5H3/b15-13+. The fraction of sp³-hybridized carbons (Fsp3) is 0.526. The third-order valence-electron chi connectivity index (χ3n) is 3.69. The van der Waals surface area contributed by atoms with E-state index < -0.39 is 0 Å². The number of methoxy groups -OCH3 is 2. The summed E-state index contributed by atoms with van der Waals surface area (Å²) in [4.78, 5) is 14.6. The number of hydrogen-bond acceptors (Lipinski definition) is 3. The van der Waals surface area contributed by atoms with Crippen LogP contribution in [0.3, 0.4) is 0 Å². The molecule has 0 fully saturated rings. The van der Waals surface area contributed by atoms with Crippen LogP contribution in [0.4, 0.5) is 0 Å². The number of carbonyl (C=O) groups excluding carboxylic acids is 1. The first-order valence-corrected chi connectivity index (χ1v) is 8.26. The van der Waals surface area contributed by atoms with Gasteiger partial charge in [-0.25, -0.2) is 0 Å². The summed E-state index contributed by atoms with van der Waals surface area (Å²) in [6.07, 6.45) is 5.00. The van der Waals surface area contributed by atoms with Crippen molar-refractivity contribution in [2.24, 2.45) is 0 Å². The number of benzene rings is 1. The largest absolute Gasteiger partial charge is 0.493 e. The van der Waals surface area contributed by atoms with Gasteiger partial charge in [-0.1, -0.05) is 26.3 Å². The van der Waals surface area contributed by atoms with Crippen molar-refractivity contribution < 1.29 is 14.3 Å². The van der Waals surface area contributed by atoms with E-state index in [-0.39, 0.29) is 5.91 Å². The summed E-state index contributed by atoms with van der Waals surface area (Å²) in [6, 6.07) is 5.66. The highest BCUT2D eigenvalue weighted by molar-refractivity contribution is 5.97. The molecule has 0 aromatic heterocycles. The molecule has 0 atom stereocenters. The van der Waals surface area contributed by atoms with Gasteiger partial charge in [-0.15, -0.1) is 0 Å². The van der Waals surface area contributed by atoms with E-state index in [0.717, 1.165) is 43.5 Å². The molecule has 0 bridgehead atoms. The van der Waals surface area contributed by atoms with E-state index >= 15 is 0 Å². The molecule has 0 saturated heterocycles. The second-order valence-corrected chi connectivity index (χ2v) is 5.59. The minimum absolute atomic E-state index is 0.107. The third kappa shape index (κ3) is 5.62. The molecule has 0 heterocycles. The Hall–Kier alpha value is -1.97. The van der Waals surface area contributed by atoms with Gasteiger partial charge >= 0.3 is 0 Å². The van der Waals surface area contributed by atoms with E-state index in [2.05, 4.69) is 13.8 Å². The van der Waals surface area contributed by atoms with Gasteiger partial charge in [0.25, 0.3) is 0 Å². The molecule has 1 aromatic rings. The number of amides is 1. The van der Waals surface area contributed by atoms with Gasteiger partial charge in [0.2, 0.25) is 5.91 Å². The maximum Gasteiger partial charge on any atom is 0.249 e. The van der Waals surface area contributed by atoms with Crippen LogP contribution < -0.4 is 9.47 Å². The zero-order valence-electron chi connectivity index (χ0n) is 15.0.